The Hall–Kier alpha value is -0.730. The van der Waals surface area contributed by atoms with Crippen molar-refractivity contribution in [2.45, 2.75) is 6.92 Å². The lowest BCUT2D eigenvalue weighted by Crippen LogP contribution is -2.25. The third-order valence-electron chi connectivity index (χ3n) is 2.02. The van der Waals surface area contributed by atoms with Gasteiger partial charge in [-0.3, -0.25) is 0 Å². The van der Waals surface area contributed by atoms with Crippen LogP contribution in [0.2, 0.25) is 0 Å². The zero-order valence-electron chi connectivity index (χ0n) is 11.6. The molecule has 0 saturated carbocycles. The summed E-state index contributed by atoms with van der Waals surface area (Å²) in [5.41, 5.74) is 0. The Morgan fingerprint density at radius 3 is 2.00 bits per heavy atom. The summed E-state index contributed by atoms with van der Waals surface area (Å²) in [6.45, 7) is 7.03. The number of carbonyl (C=O) groups is 1. The molecule has 0 aliphatic carbocycles. The number of rotatable bonds is 15. The molecule has 0 bridgehead atoms. The summed E-state index contributed by atoms with van der Waals surface area (Å²) in [4.78, 5) is 10.1. The summed E-state index contributed by atoms with van der Waals surface area (Å²) in [5.74, 6) is -0.951. The minimum absolute atomic E-state index is 0.253. The van der Waals surface area contributed by atoms with Crippen LogP contribution in [0.4, 0.5) is 0 Å². The third kappa shape index (κ3) is 17.3. The van der Waals surface area contributed by atoms with E-state index in [1.165, 1.54) is 0 Å². The quantitative estimate of drug-likeness (QED) is 0.400. The molecule has 0 heterocycles. The van der Waals surface area contributed by atoms with Gasteiger partial charge in [0.15, 0.2) is 0 Å². The van der Waals surface area contributed by atoms with Crippen molar-refractivity contribution in [2.24, 2.45) is 0 Å². The predicted molar refractivity (Wildman–Crippen MR) is 69.5 cm³/mol. The van der Waals surface area contributed by atoms with Crippen LogP contribution in [-0.2, 0) is 23.7 Å². The molecule has 0 aliphatic rings. The van der Waals surface area contributed by atoms with Crippen molar-refractivity contribution in [3.05, 3.63) is 0 Å². The van der Waals surface area contributed by atoms with E-state index < -0.39 is 5.97 Å². The molecule has 114 valence electrons. The van der Waals surface area contributed by atoms with Crippen molar-refractivity contribution >= 4 is 5.97 Å². The molecule has 19 heavy (non-hydrogen) atoms. The van der Waals surface area contributed by atoms with E-state index in [-0.39, 0.29) is 6.61 Å². The molecule has 0 radical (unpaired) electrons. The molecule has 2 N–H and O–H groups in total. The Balaban J connectivity index is 2.93. The van der Waals surface area contributed by atoms with Crippen molar-refractivity contribution < 1.29 is 28.8 Å². The minimum atomic E-state index is -0.951. The van der Waals surface area contributed by atoms with Gasteiger partial charge in [0, 0.05) is 19.7 Å². The van der Waals surface area contributed by atoms with E-state index in [2.05, 4.69) is 5.32 Å². The van der Waals surface area contributed by atoms with Crippen molar-refractivity contribution in [3.63, 3.8) is 0 Å². The minimum Gasteiger partial charge on any atom is -0.480 e. The fraction of sp³-hybridized carbons (Fsp3) is 0.917. The van der Waals surface area contributed by atoms with E-state index in [1.807, 2.05) is 6.92 Å². The molecule has 0 rings (SSSR count). The van der Waals surface area contributed by atoms with Gasteiger partial charge in [0.2, 0.25) is 0 Å². The second kappa shape index (κ2) is 15.3. The average Bonchev–Trinajstić information content (AvgIpc) is 2.39. The van der Waals surface area contributed by atoms with Gasteiger partial charge in [-0.15, -0.1) is 0 Å². The SMILES string of the molecule is CCOCCOCCOCCNCCOCC(=O)O. The van der Waals surface area contributed by atoms with Gasteiger partial charge < -0.3 is 29.4 Å². The molecule has 0 unspecified atom stereocenters. The van der Waals surface area contributed by atoms with Crippen LogP contribution in [0.15, 0.2) is 0 Å². The molecular weight excluding hydrogens is 254 g/mol. The highest BCUT2D eigenvalue weighted by Gasteiger charge is 1.95. The van der Waals surface area contributed by atoms with Crippen LogP contribution in [0.25, 0.3) is 0 Å². The van der Waals surface area contributed by atoms with E-state index >= 15 is 0 Å². The van der Waals surface area contributed by atoms with Crippen LogP contribution in [-0.4, -0.2) is 77.0 Å². The Kier molecular flexibility index (Phi) is 14.7. The highest BCUT2D eigenvalue weighted by atomic mass is 16.5. The van der Waals surface area contributed by atoms with Crippen molar-refractivity contribution in [1.82, 2.24) is 5.32 Å². The first kappa shape index (κ1) is 18.3. The summed E-state index contributed by atoms with van der Waals surface area (Å²) >= 11 is 0. The summed E-state index contributed by atoms with van der Waals surface area (Å²) in [6.07, 6.45) is 0. The van der Waals surface area contributed by atoms with E-state index in [9.17, 15) is 4.79 Å². The first-order chi connectivity index (χ1) is 9.27. The maximum absolute atomic E-state index is 10.1. The first-order valence-corrected chi connectivity index (χ1v) is 6.50. The van der Waals surface area contributed by atoms with Gasteiger partial charge in [0.25, 0.3) is 0 Å². The van der Waals surface area contributed by atoms with E-state index in [0.29, 0.717) is 59.3 Å². The normalized spacial score (nSPS) is 10.8. The molecule has 0 aliphatic heterocycles. The molecule has 0 atom stereocenters. The van der Waals surface area contributed by atoms with Gasteiger partial charge in [0.05, 0.1) is 39.6 Å². The summed E-state index contributed by atoms with van der Waals surface area (Å²) in [7, 11) is 0. The van der Waals surface area contributed by atoms with Crippen molar-refractivity contribution in [3.8, 4) is 0 Å². The van der Waals surface area contributed by atoms with Gasteiger partial charge in [-0.05, 0) is 6.92 Å². The van der Waals surface area contributed by atoms with Gasteiger partial charge in [-0.2, -0.15) is 0 Å². The monoisotopic (exact) mass is 279 g/mol. The topological polar surface area (TPSA) is 86.3 Å². The van der Waals surface area contributed by atoms with E-state index in [1.54, 1.807) is 0 Å². The summed E-state index contributed by atoms with van der Waals surface area (Å²) < 4.78 is 20.6. The Labute approximate surface area is 114 Å². The number of carboxylic acid groups (broad SMARTS) is 1. The maximum atomic E-state index is 10.1. The number of carboxylic acids is 1. The Bertz CT molecular complexity index is 203. The van der Waals surface area contributed by atoms with Crippen LogP contribution in [0.5, 0.6) is 0 Å². The second-order valence-electron chi connectivity index (χ2n) is 3.62. The van der Waals surface area contributed by atoms with Crippen LogP contribution >= 0.6 is 0 Å². The molecule has 0 fully saturated rings. The largest absolute Gasteiger partial charge is 0.480 e. The van der Waals surface area contributed by atoms with E-state index in [4.69, 9.17) is 24.1 Å². The maximum Gasteiger partial charge on any atom is 0.329 e. The van der Waals surface area contributed by atoms with Gasteiger partial charge in [0.1, 0.15) is 6.61 Å². The lowest BCUT2D eigenvalue weighted by Gasteiger charge is -2.07. The first-order valence-electron chi connectivity index (χ1n) is 6.50. The zero-order chi connectivity index (χ0) is 14.2. The molecule has 0 amide bonds. The lowest BCUT2D eigenvalue weighted by molar-refractivity contribution is -0.142. The Morgan fingerprint density at radius 1 is 0.895 bits per heavy atom. The Morgan fingerprint density at radius 2 is 1.42 bits per heavy atom. The molecular formula is C12H25NO6. The highest BCUT2D eigenvalue weighted by Crippen LogP contribution is 1.80. The molecule has 0 spiro atoms. The number of nitrogens with one attached hydrogen (secondary N) is 1. The van der Waals surface area contributed by atoms with Crippen LogP contribution in [0, 0.1) is 0 Å². The number of ether oxygens (including phenoxy) is 4. The number of aliphatic carboxylic acids is 1. The van der Waals surface area contributed by atoms with Crippen LogP contribution < -0.4 is 5.32 Å². The average molecular weight is 279 g/mol. The third-order valence-corrected chi connectivity index (χ3v) is 2.02. The standard InChI is InChI=1S/C12H25NO6/c1-2-16-7-8-18-10-9-17-5-3-13-4-6-19-11-12(14)15/h13H,2-11H2,1H3,(H,14,15). The van der Waals surface area contributed by atoms with Gasteiger partial charge >= 0.3 is 5.97 Å². The van der Waals surface area contributed by atoms with E-state index in [0.717, 1.165) is 0 Å². The summed E-state index contributed by atoms with van der Waals surface area (Å²) in [6, 6.07) is 0. The molecule has 0 saturated heterocycles. The molecule has 7 heteroatoms. The number of hydrogen-bond acceptors (Lipinski definition) is 6. The fourth-order valence-corrected chi connectivity index (χ4v) is 1.16. The van der Waals surface area contributed by atoms with Crippen molar-refractivity contribution in [2.75, 3.05) is 65.9 Å². The smallest absolute Gasteiger partial charge is 0.329 e. The molecule has 0 aromatic heterocycles. The fourth-order valence-electron chi connectivity index (χ4n) is 1.16. The lowest BCUT2D eigenvalue weighted by atomic mass is 10.6. The van der Waals surface area contributed by atoms with Gasteiger partial charge in [-0.1, -0.05) is 0 Å². The van der Waals surface area contributed by atoms with Crippen molar-refractivity contribution in [1.29, 1.82) is 0 Å². The second-order valence-corrected chi connectivity index (χ2v) is 3.62. The molecule has 0 aromatic rings. The molecule has 0 aromatic carbocycles. The summed E-state index contributed by atoms with van der Waals surface area (Å²) in [5, 5.41) is 11.4. The zero-order valence-corrected chi connectivity index (χ0v) is 11.6. The molecule has 7 nitrogen and oxygen atoms in total. The predicted octanol–water partition coefficient (Wildman–Crippen LogP) is -0.253. The van der Waals surface area contributed by atoms with Gasteiger partial charge in [-0.25, -0.2) is 4.79 Å². The number of hydrogen-bond donors (Lipinski definition) is 2. The highest BCUT2D eigenvalue weighted by molar-refractivity contribution is 5.67. The van der Waals surface area contributed by atoms with Crippen LogP contribution in [0.3, 0.4) is 0 Å². The van der Waals surface area contributed by atoms with Crippen LogP contribution in [0.1, 0.15) is 6.92 Å².